The van der Waals surface area contributed by atoms with E-state index in [-0.39, 0.29) is 0 Å². The third-order valence-corrected chi connectivity index (χ3v) is 2.02. The Kier molecular flexibility index (Phi) is 2.49. The molecule has 1 atom stereocenters. The molecule has 1 aliphatic rings. The van der Waals surface area contributed by atoms with E-state index in [1.807, 2.05) is 0 Å². The molecule has 0 aromatic heterocycles. The van der Waals surface area contributed by atoms with E-state index in [1.165, 1.54) is 19.5 Å². The largest absolute Gasteiger partial charge is 0.330 e. The fraction of sp³-hybridized carbons (Fsp3) is 0.857. The zero-order valence-corrected chi connectivity index (χ0v) is 6.01. The lowest BCUT2D eigenvalue weighted by atomic mass is 10.1. The molecule has 2 N–H and O–H groups in total. The van der Waals surface area contributed by atoms with Crippen molar-refractivity contribution in [1.82, 2.24) is 4.90 Å². The molecule has 0 aromatic rings. The Morgan fingerprint density at radius 2 is 2.56 bits per heavy atom. The van der Waals surface area contributed by atoms with Crippen LogP contribution >= 0.6 is 0 Å². The summed E-state index contributed by atoms with van der Waals surface area (Å²) in [5.41, 5.74) is 5.51. The summed E-state index contributed by atoms with van der Waals surface area (Å²) in [5, 5.41) is 0. The van der Waals surface area contributed by atoms with E-state index < -0.39 is 0 Å². The number of hydrogen-bond acceptors (Lipinski definition) is 2. The van der Waals surface area contributed by atoms with Gasteiger partial charge in [0, 0.05) is 13.1 Å². The van der Waals surface area contributed by atoms with Gasteiger partial charge in [0.05, 0.1) is 0 Å². The summed E-state index contributed by atoms with van der Waals surface area (Å²) >= 11 is 0. The smallest absolute Gasteiger partial charge is 0.0220 e. The van der Waals surface area contributed by atoms with Crippen molar-refractivity contribution in [1.29, 1.82) is 0 Å². The first-order valence-corrected chi connectivity index (χ1v) is 3.60. The number of likely N-dealkylation sites (tertiary alicyclic amines) is 1. The quantitative estimate of drug-likeness (QED) is 0.583. The minimum Gasteiger partial charge on any atom is -0.330 e. The van der Waals surface area contributed by atoms with Crippen LogP contribution in [-0.2, 0) is 0 Å². The van der Waals surface area contributed by atoms with Gasteiger partial charge in [-0.1, -0.05) is 0 Å². The second kappa shape index (κ2) is 3.18. The summed E-state index contributed by atoms with van der Waals surface area (Å²) in [7, 11) is 0. The van der Waals surface area contributed by atoms with E-state index in [0.29, 0.717) is 0 Å². The molecular formula is C7H15N2. The summed E-state index contributed by atoms with van der Waals surface area (Å²) < 4.78 is 0. The van der Waals surface area contributed by atoms with Crippen molar-refractivity contribution in [2.45, 2.75) is 13.3 Å². The molecule has 0 aromatic carbocycles. The highest BCUT2D eigenvalue weighted by Gasteiger charge is 2.18. The molecule has 53 valence electrons. The van der Waals surface area contributed by atoms with E-state index in [2.05, 4.69) is 18.4 Å². The second-order valence-corrected chi connectivity index (χ2v) is 2.64. The van der Waals surface area contributed by atoms with Gasteiger partial charge < -0.3 is 5.73 Å². The Morgan fingerprint density at radius 3 is 2.89 bits per heavy atom. The predicted molar refractivity (Wildman–Crippen MR) is 38.7 cm³/mol. The van der Waals surface area contributed by atoms with E-state index in [9.17, 15) is 0 Å². The van der Waals surface area contributed by atoms with Crippen molar-refractivity contribution < 1.29 is 0 Å². The van der Waals surface area contributed by atoms with Crippen LogP contribution in [0.1, 0.15) is 13.3 Å². The summed E-state index contributed by atoms with van der Waals surface area (Å²) in [6, 6.07) is 0. The average Bonchev–Trinajstić information content (AvgIpc) is 2.34. The predicted octanol–water partition coefficient (Wildman–Crippen LogP) is 0.449. The summed E-state index contributed by atoms with van der Waals surface area (Å²) in [5.74, 6) is 0.751. The Hall–Kier alpha value is -0.0800. The van der Waals surface area contributed by atoms with Crippen LogP contribution in [0.2, 0.25) is 0 Å². The molecule has 1 fully saturated rings. The summed E-state index contributed by atoms with van der Waals surface area (Å²) in [6.45, 7) is 7.46. The van der Waals surface area contributed by atoms with E-state index in [4.69, 9.17) is 5.73 Å². The Bertz CT molecular complexity index is 73.0. The fourth-order valence-electron chi connectivity index (χ4n) is 1.29. The number of nitrogens with zero attached hydrogens (tertiary/aromatic N) is 1. The minimum atomic E-state index is 0.751. The van der Waals surface area contributed by atoms with Gasteiger partial charge in [-0.25, -0.2) is 0 Å². The first kappa shape index (κ1) is 7.03. The van der Waals surface area contributed by atoms with Gasteiger partial charge in [0.1, 0.15) is 0 Å². The maximum absolute atomic E-state index is 5.51. The third-order valence-electron chi connectivity index (χ3n) is 2.02. The Morgan fingerprint density at radius 1 is 1.78 bits per heavy atom. The van der Waals surface area contributed by atoms with Crippen LogP contribution in [0.15, 0.2) is 0 Å². The molecule has 0 amide bonds. The molecule has 2 heteroatoms. The van der Waals surface area contributed by atoms with Gasteiger partial charge in [-0.3, -0.25) is 4.90 Å². The molecule has 2 nitrogen and oxygen atoms in total. The fourth-order valence-corrected chi connectivity index (χ4v) is 1.29. The topological polar surface area (TPSA) is 29.3 Å². The first-order valence-electron chi connectivity index (χ1n) is 3.60. The minimum absolute atomic E-state index is 0.751. The lowest BCUT2D eigenvalue weighted by Gasteiger charge is -2.10. The molecule has 0 bridgehead atoms. The van der Waals surface area contributed by atoms with Crippen LogP contribution in [0, 0.1) is 12.5 Å². The van der Waals surface area contributed by atoms with Crippen molar-refractivity contribution in [3.05, 3.63) is 6.54 Å². The molecule has 0 saturated carbocycles. The molecule has 1 radical (unpaired) electrons. The maximum Gasteiger partial charge on any atom is 0.0220 e. The van der Waals surface area contributed by atoms with Crippen molar-refractivity contribution in [2.75, 3.05) is 19.6 Å². The van der Waals surface area contributed by atoms with Gasteiger partial charge in [0.25, 0.3) is 0 Å². The first-order chi connectivity index (χ1) is 4.36. The van der Waals surface area contributed by atoms with Crippen LogP contribution in [0.25, 0.3) is 0 Å². The van der Waals surface area contributed by atoms with Crippen LogP contribution < -0.4 is 5.73 Å². The van der Waals surface area contributed by atoms with Crippen LogP contribution in [-0.4, -0.2) is 24.5 Å². The zero-order chi connectivity index (χ0) is 6.69. The highest BCUT2D eigenvalue weighted by Crippen LogP contribution is 2.14. The maximum atomic E-state index is 5.51. The molecule has 0 aliphatic carbocycles. The normalized spacial score (nSPS) is 29.3. The molecule has 1 saturated heterocycles. The van der Waals surface area contributed by atoms with Crippen molar-refractivity contribution in [3.8, 4) is 0 Å². The molecule has 0 spiro atoms. The van der Waals surface area contributed by atoms with Gasteiger partial charge in [0.15, 0.2) is 0 Å². The summed E-state index contributed by atoms with van der Waals surface area (Å²) in [6.07, 6.45) is 1.28. The lowest BCUT2D eigenvalue weighted by Crippen LogP contribution is -2.19. The van der Waals surface area contributed by atoms with Crippen LogP contribution in [0.4, 0.5) is 0 Å². The molecular weight excluding hydrogens is 112 g/mol. The van der Waals surface area contributed by atoms with Crippen LogP contribution in [0.5, 0.6) is 0 Å². The van der Waals surface area contributed by atoms with E-state index in [1.54, 1.807) is 0 Å². The summed E-state index contributed by atoms with van der Waals surface area (Å²) in [4.78, 5) is 2.33. The molecule has 1 rings (SSSR count). The van der Waals surface area contributed by atoms with Crippen molar-refractivity contribution in [2.24, 2.45) is 11.7 Å². The van der Waals surface area contributed by atoms with Crippen molar-refractivity contribution in [3.63, 3.8) is 0 Å². The lowest BCUT2D eigenvalue weighted by molar-refractivity contribution is 0.398. The number of nitrogens with two attached hydrogens (primary N) is 1. The van der Waals surface area contributed by atoms with E-state index >= 15 is 0 Å². The molecule has 9 heavy (non-hydrogen) atoms. The van der Waals surface area contributed by atoms with Gasteiger partial charge in [-0.15, -0.1) is 0 Å². The second-order valence-electron chi connectivity index (χ2n) is 2.64. The standard InChI is InChI=1S/C7H15N2/c1-2-9-4-3-7(5-8)6-9/h2,7H,3-6,8H2,1H3. The van der Waals surface area contributed by atoms with Gasteiger partial charge in [-0.2, -0.15) is 0 Å². The monoisotopic (exact) mass is 127 g/mol. The zero-order valence-electron chi connectivity index (χ0n) is 6.01. The van der Waals surface area contributed by atoms with Crippen molar-refractivity contribution >= 4 is 0 Å². The highest BCUT2D eigenvalue weighted by atomic mass is 15.1. The number of hydrogen-bond donors (Lipinski definition) is 1. The highest BCUT2D eigenvalue weighted by molar-refractivity contribution is 4.78. The van der Waals surface area contributed by atoms with Gasteiger partial charge in [-0.05, 0) is 32.4 Å². The van der Waals surface area contributed by atoms with Gasteiger partial charge in [0.2, 0.25) is 0 Å². The molecule has 1 aliphatic heterocycles. The third kappa shape index (κ3) is 1.66. The van der Waals surface area contributed by atoms with E-state index in [0.717, 1.165) is 12.5 Å². The SMILES string of the molecule is C[CH]N1CCC(CN)C1. The molecule has 1 unspecified atom stereocenters. The average molecular weight is 127 g/mol. The van der Waals surface area contributed by atoms with Gasteiger partial charge >= 0.3 is 0 Å². The Balaban J connectivity index is 2.20. The van der Waals surface area contributed by atoms with Crippen LogP contribution in [0.3, 0.4) is 0 Å². The number of rotatable bonds is 2. The Labute approximate surface area is 57.0 Å². The molecule has 1 heterocycles.